The summed E-state index contributed by atoms with van der Waals surface area (Å²) in [4.78, 5) is 0. The van der Waals surface area contributed by atoms with Crippen molar-refractivity contribution < 1.29 is 13.5 Å². The Morgan fingerprint density at radius 2 is 2.12 bits per heavy atom. The van der Waals surface area contributed by atoms with Gasteiger partial charge in [0.15, 0.2) is 0 Å². The minimum absolute atomic E-state index is 0.0422. The fraction of sp³-hybridized carbons (Fsp3) is 0.538. The van der Waals surface area contributed by atoms with Crippen molar-refractivity contribution in [1.29, 1.82) is 0 Å². The van der Waals surface area contributed by atoms with Gasteiger partial charge in [0.25, 0.3) is 6.43 Å². The smallest absolute Gasteiger partial charge is 0.263 e. The average Bonchev–Trinajstić information content (AvgIpc) is 2.28. The van der Waals surface area contributed by atoms with Gasteiger partial charge in [0.05, 0.1) is 7.11 Å². The van der Waals surface area contributed by atoms with Crippen LogP contribution in [0.5, 0.6) is 5.75 Å². The van der Waals surface area contributed by atoms with E-state index in [2.05, 4.69) is 0 Å². The largest absolute Gasteiger partial charge is 0.496 e. The van der Waals surface area contributed by atoms with E-state index in [1.165, 1.54) is 6.07 Å². The highest BCUT2D eigenvalue weighted by Crippen LogP contribution is 2.47. The van der Waals surface area contributed by atoms with Crippen LogP contribution in [-0.2, 0) is 5.41 Å². The molecule has 4 heteroatoms. The van der Waals surface area contributed by atoms with E-state index in [1.807, 2.05) is 0 Å². The van der Waals surface area contributed by atoms with Crippen molar-refractivity contribution in [3.63, 3.8) is 0 Å². The summed E-state index contributed by atoms with van der Waals surface area (Å²) in [6, 6.07) is 4.58. The molecule has 1 aromatic carbocycles. The summed E-state index contributed by atoms with van der Waals surface area (Å²) in [7, 11) is 1.56. The van der Waals surface area contributed by atoms with Crippen molar-refractivity contribution in [2.75, 3.05) is 13.7 Å². The van der Waals surface area contributed by atoms with Crippen LogP contribution < -0.4 is 10.5 Å². The first kappa shape index (κ1) is 12.3. The molecule has 0 spiro atoms. The van der Waals surface area contributed by atoms with Gasteiger partial charge in [-0.2, -0.15) is 0 Å². The molecule has 0 aliphatic heterocycles. The topological polar surface area (TPSA) is 35.2 Å². The second kappa shape index (κ2) is 4.61. The summed E-state index contributed by atoms with van der Waals surface area (Å²) in [6.07, 6.45) is 0.549. The Morgan fingerprint density at radius 3 is 2.53 bits per heavy atom. The number of hydrogen-bond acceptors (Lipinski definition) is 2. The first-order valence-corrected chi connectivity index (χ1v) is 5.79. The SMILES string of the molecule is COc1ccc(C(F)F)cc1C1(CN)CCC1. The van der Waals surface area contributed by atoms with E-state index in [9.17, 15) is 8.78 Å². The number of alkyl halides is 2. The normalized spacial score (nSPS) is 17.9. The number of nitrogens with two attached hydrogens (primary N) is 1. The van der Waals surface area contributed by atoms with Gasteiger partial charge in [-0.05, 0) is 31.0 Å². The number of hydrogen-bond donors (Lipinski definition) is 1. The molecule has 0 aromatic heterocycles. The van der Waals surface area contributed by atoms with Gasteiger partial charge in [-0.3, -0.25) is 0 Å². The lowest BCUT2D eigenvalue weighted by Crippen LogP contribution is -2.41. The molecule has 0 atom stereocenters. The first-order chi connectivity index (χ1) is 8.13. The molecule has 1 aliphatic carbocycles. The Bertz CT molecular complexity index is 397. The van der Waals surface area contributed by atoms with Crippen LogP contribution in [0.1, 0.15) is 36.8 Å². The monoisotopic (exact) mass is 241 g/mol. The highest BCUT2D eigenvalue weighted by Gasteiger charge is 2.39. The van der Waals surface area contributed by atoms with Gasteiger partial charge >= 0.3 is 0 Å². The zero-order valence-electron chi connectivity index (χ0n) is 9.88. The summed E-state index contributed by atoms with van der Waals surface area (Å²) in [5.74, 6) is 0.666. The maximum atomic E-state index is 12.7. The van der Waals surface area contributed by atoms with Crippen molar-refractivity contribution in [2.24, 2.45) is 5.73 Å². The Morgan fingerprint density at radius 1 is 1.41 bits per heavy atom. The van der Waals surface area contributed by atoms with Gasteiger partial charge in [-0.15, -0.1) is 0 Å². The second-order valence-corrected chi connectivity index (χ2v) is 4.60. The van der Waals surface area contributed by atoms with Crippen LogP contribution in [-0.4, -0.2) is 13.7 Å². The van der Waals surface area contributed by atoms with Crippen molar-refractivity contribution in [3.8, 4) is 5.75 Å². The molecule has 0 amide bonds. The molecule has 94 valence electrons. The van der Waals surface area contributed by atoms with Crippen LogP contribution in [0.2, 0.25) is 0 Å². The fourth-order valence-electron chi connectivity index (χ4n) is 2.46. The van der Waals surface area contributed by atoms with Gasteiger partial charge < -0.3 is 10.5 Å². The number of halogens is 2. The third-order valence-electron chi connectivity index (χ3n) is 3.75. The Labute approximate surface area is 99.8 Å². The summed E-state index contributed by atoms with van der Waals surface area (Å²) in [5, 5.41) is 0. The first-order valence-electron chi connectivity index (χ1n) is 5.79. The zero-order chi connectivity index (χ0) is 12.5. The van der Waals surface area contributed by atoms with Crippen molar-refractivity contribution in [1.82, 2.24) is 0 Å². The van der Waals surface area contributed by atoms with Crippen LogP contribution in [0.15, 0.2) is 18.2 Å². The summed E-state index contributed by atoms with van der Waals surface area (Å²) < 4.78 is 30.7. The number of ether oxygens (including phenoxy) is 1. The Hall–Kier alpha value is -1.16. The summed E-state index contributed by atoms with van der Waals surface area (Å²) in [6.45, 7) is 0.482. The minimum atomic E-state index is -2.45. The fourth-order valence-corrected chi connectivity index (χ4v) is 2.46. The molecule has 0 saturated heterocycles. The van der Waals surface area contributed by atoms with Gasteiger partial charge in [0, 0.05) is 23.1 Å². The van der Waals surface area contributed by atoms with Crippen LogP contribution >= 0.6 is 0 Å². The zero-order valence-corrected chi connectivity index (χ0v) is 9.88. The molecule has 1 aliphatic rings. The van der Waals surface area contributed by atoms with E-state index in [0.29, 0.717) is 12.3 Å². The van der Waals surface area contributed by atoms with Gasteiger partial charge in [-0.25, -0.2) is 8.78 Å². The predicted molar refractivity (Wildman–Crippen MR) is 62.5 cm³/mol. The molecule has 0 radical (unpaired) electrons. The van der Waals surface area contributed by atoms with Crippen molar-refractivity contribution in [3.05, 3.63) is 29.3 Å². The van der Waals surface area contributed by atoms with Crippen LogP contribution in [0, 0.1) is 0 Å². The van der Waals surface area contributed by atoms with E-state index in [-0.39, 0.29) is 11.0 Å². The summed E-state index contributed by atoms with van der Waals surface area (Å²) >= 11 is 0. The molecule has 2 nitrogen and oxygen atoms in total. The maximum absolute atomic E-state index is 12.7. The van der Waals surface area contributed by atoms with Crippen LogP contribution in [0.4, 0.5) is 8.78 Å². The third-order valence-corrected chi connectivity index (χ3v) is 3.75. The molecule has 1 fully saturated rings. The third kappa shape index (κ3) is 2.02. The minimum Gasteiger partial charge on any atom is -0.496 e. The molecule has 0 unspecified atom stereocenters. The molecule has 0 bridgehead atoms. The predicted octanol–water partition coefficient (Wildman–Crippen LogP) is 3.01. The molecule has 1 saturated carbocycles. The molecule has 2 rings (SSSR count). The van der Waals surface area contributed by atoms with E-state index >= 15 is 0 Å². The lowest BCUT2D eigenvalue weighted by Gasteiger charge is -2.42. The highest BCUT2D eigenvalue weighted by atomic mass is 19.3. The number of methoxy groups -OCH3 is 1. The molecule has 0 heterocycles. The maximum Gasteiger partial charge on any atom is 0.263 e. The number of benzene rings is 1. The van der Waals surface area contributed by atoms with Crippen molar-refractivity contribution in [2.45, 2.75) is 31.1 Å². The van der Waals surface area contributed by atoms with Gasteiger partial charge in [0.2, 0.25) is 0 Å². The lowest BCUT2D eigenvalue weighted by molar-refractivity contribution is 0.150. The van der Waals surface area contributed by atoms with Crippen molar-refractivity contribution >= 4 is 0 Å². The molecule has 2 N–H and O–H groups in total. The quantitative estimate of drug-likeness (QED) is 0.879. The second-order valence-electron chi connectivity index (χ2n) is 4.60. The van der Waals surface area contributed by atoms with E-state index in [1.54, 1.807) is 19.2 Å². The lowest BCUT2D eigenvalue weighted by atomic mass is 9.64. The van der Waals surface area contributed by atoms with Crippen LogP contribution in [0.25, 0.3) is 0 Å². The Kier molecular flexibility index (Phi) is 3.33. The summed E-state index contributed by atoms with van der Waals surface area (Å²) in [5.41, 5.74) is 6.53. The molecular weight excluding hydrogens is 224 g/mol. The van der Waals surface area contributed by atoms with E-state index in [4.69, 9.17) is 10.5 Å². The standard InChI is InChI=1S/C13H17F2NO/c1-17-11-4-3-9(12(14)15)7-10(11)13(8-16)5-2-6-13/h3-4,7,12H,2,5-6,8,16H2,1H3. The average molecular weight is 241 g/mol. The van der Waals surface area contributed by atoms with E-state index < -0.39 is 6.43 Å². The highest BCUT2D eigenvalue weighted by molar-refractivity contribution is 5.44. The molecule has 1 aromatic rings. The Balaban J connectivity index is 2.45. The van der Waals surface area contributed by atoms with Gasteiger partial charge in [0.1, 0.15) is 5.75 Å². The van der Waals surface area contributed by atoms with E-state index in [0.717, 1.165) is 24.8 Å². The molecule has 17 heavy (non-hydrogen) atoms. The van der Waals surface area contributed by atoms with Gasteiger partial charge in [-0.1, -0.05) is 6.42 Å². The number of rotatable bonds is 4. The van der Waals surface area contributed by atoms with Crippen LogP contribution in [0.3, 0.4) is 0 Å². The molecular formula is C13H17F2NO.